The third-order valence-corrected chi connectivity index (χ3v) is 9.55. The summed E-state index contributed by atoms with van der Waals surface area (Å²) in [5.41, 5.74) is 1.11. The molecule has 0 radical (unpaired) electrons. The van der Waals surface area contributed by atoms with E-state index in [0.29, 0.717) is 52.9 Å². The summed E-state index contributed by atoms with van der Waals surface area (Å²) < 4.78 is 29.1. The number of ether oxygens (including phenoxy) is 2. The van der Waals surface area contributed by atoms with Crippen molar-refractivity contribution in [1.82, 2.24) is 24.8 Å². The molecule has 2 unspecified atom stereocenters. The molecule has 2 bridgehead atoms. The van der Waals surface area contributed by atoms with Gasteiger partial charge in [0.15, 0.2) is 5.82 Å². The van der Waals surface area contributed by atoms with Gasteiger partial charge in [0, 0.05) is 41.9 Å². The van der Waals surface area contributed by atoms with Gasteiger partial charge in [0.2, 0.25) is 5.56 Å². The predicted molar refractivity (Wildman–Crippen MR) is 157 cm³/mol. The quantitative estimate of drug-likeness (QED) is 0.362. The Balaban J connectivity index is 1.28. The number of nitrogens with one attached hydrogen (secondary N) is 1. The van der Waals surface area contributed by atoms with Crippen LogP contribution in [0.5, 0.6) is 6.01 Å². The molecule has 1 N–H and O–H groups in total. The van der Waals surface area contributed by atoms with Gasteiger partial charge < -0.3 is 19.4 Å². The number of nitrogens with zero attached hydrogens (tertiary/aromatic N) is 5. The first-order chi connectivity index (χ1) is 20.5. The van der Waals surface area contributed by atoms with Gasteiger partial charge in [-0.25, -0.2) is 4.39 Å². The first-order valence-electron chi connectivity index (χ1n) is 14.8. The van der Waals surface area contributed by atoms with Gasteiger partial charge in [-0.1, -0.05) is 12.0 Å². The Labute approximate surface area is 242 Å². The smallest absolute Gasteiger partial charge is 0.319 e. The largest absolute Gasteiger partial charge is 0.461 e. The molecule has 4 aromatic rings. The second-order valence-corrected chi connectivity index (χ2v) is 12.0. The molecule has 4 aliphatic rings. The minimum absolute atomic E-state index is 0.00585. The van der Waals surface area contributed by atoms with Gasteiger partial charge in [-0.15, -0.1) is 6.42 Å². The fourth-order valence-electron chi connectivity index (χ4n) is 7.59. The third kappa shape index (κ3) is 4.06. The van der Waals surface area contributed by atoms with E-state index >= 15 is 4.39 Å². The van der Waals surface area contributed by atoms with Crippen molar-refractivity contribution in [2.24, 2.45) is 0 Å². The van der Waals surface area contributed by atoms with E-state index in [9.17, 15) is 4.79 Å². The van der Waals surface area contributed by atoms with Crippen LogP contribution in [0.4, 0.5) is 10.2 Å². The van der Waals surface area contributed by atoms with Crippen LogP contribution in [-0.4, -0.2) is 75.4 Å². The standard InChI is InChI=1S/C32H31FN6O3/c1-2-19-6-3-7-24-26(19)22(14-25(40)35-24)28-27(33)29-23(15-34-28)30(38-16-20-8-9-21(17-38)42-20)37-31(36-29)41-18-32-10-4-12-39(32)13-5-11-32/h1,3,6-7,14-15,20-21H,4-5,8-13,16-18H2,(H,35,40). The molecule has 0 saturated carbocycles. The summed E-state index contributed by atoms with van der Waals surface area (Å²) in [5.74, 6) is 2.61. The summed E-state index contributed by atoms with van der Waals surface area (Å²) in [4.78, 5) is 34.1. The number of fused-ring (bicyclic) bond motifs is 5. The van der Waals surface area contributed by atoms with Crippen molar-refractivity contribution in [3.8, 4) is 29.6 Å². The van der Waals surface area contributed by atoms with Crippen molar-refractivity contribution in [2.75, 3.05) is 37.7 Å². The van der Waals surface area contributed by atoms with Crippen LogP contribution < -0.4 is 15.2 Å². The molecule has 2 atom stereocenters. The average Bonchev–Trinajstić information content (AvgIpc) is 3.68. The van der Waals surface area contributed by atoms with E-state index in [4.69, 9.17) is 20.9 Å². The molecule has 4 saturated heterocycles. The van der Waals surface area contributed by atoms with Gasteiger partial charge in [-0.05, 0) is 63.7 Å². The Morgan fingerprint density at radius 3 is 2.71 bits per heavy atom. The maximum atomic E-state index is 16.7. The van der Waals surface area contributed by atoms with Crippen LogP contribution >= 0.6 is 0 Å². The van der Waals surface area contributed by atoms with Crippen LogP contribution in [0.15, 0.2) is 35.3 Å². The molecular weight excluding hydrogens is 535 g/mol. The molecule has 1 aromatic carbocycles. The zero-order valence-corrected chi connectivity index (χ0v) is 23.2. The second-order valence-electron chi connectivity index (χ2n) is 12.0. The second kappa shape index (κ2) is 9.75. The summed E-state index contributed by atoms with van der Waals surface area (Å²) in [6, 6.07) is 6.76. The Bertz CT molecular complexity index is 1810. The number of benzene rings is 1. The Morgan fingerprint density at radius 2 is 1.95 bits per heavy atom. The number of rotatable bonds is 5. The van der Waals surface area contributed by atoms with Crippen LogP contribution in [0, 0.1) is 18.2 Å². The number of halogens is 1. The molecule has 7 heterocycles. The summed E-state index contributed by atoms with van der Waals surface area (Å²) in [5, 5.41) is 1.06. The summed E-state index contributed by atoms with van der Waals surface area (Å²) >= 11 is 0. The van der Waals surface area contributed by atoms with Gasteiger partial charge in [0.05, 0.1) is 28.6 Å². The number of aromatic nitrogens is 4. The Kier molecular flexibility index (Phi) is 5.95. The first-order valence-corrected chi connectivity index (χ1v) is 14.8. The first kappa shape index (κ1) is 25.6. The van der Waals surface area contributed by atoms with Crippen LogP contribution in [0.3, 0.4) is 0 Å². The highest BCUT2D eigenvalue weighted by atomic mass is 19.1. The van der Waals surface area contributed by atoms with Crippen LogP contribution in [0.2, 0.25) is 0 Å². The predicted octanol–water partition coefficient (Wildman–Crippen LogP) is 4.03. The average molecular weight is 567 g/mol. The zero-order chi connectivity index (χ0) is 28.4. The Morgan fingerprint density at radius 1 is 1.17 bits per heavy atom. The summed E-state index contributed by atoms with van der Waals surface area (Å²) in [7, 11) is 0. The topological polar surface area (TPSA) is 96.5 Å². The van der Waals surface area contributed by atoms with Gasteiger partial charge in [-0.2, -0.15) is 9.97 Å². The number of hydrogen-bond donors (Lipinski definition) is 1. The van der Waals surface area contributed by atoms with E-state index in [0.717, 1.165) is 51.6 Å². The number of pyridine rings is 2. The number of H-pyrrole nitrogens is 1. The van der Waals surface area contributed by atoms with E-state index in [2.05, 4.69) is 30.7 Å². The van der Waals surface area contributed by atoms with Gasteiger partial charge in [0.1, 0.15) is 23.6 Å². The highest BCUT2D eigenvalue weighted by molar-refractivity contribution is 6.00. The lowest BCUT2D eigenvalue weighted by molar-refractivity contribution is 0.0302. The lowest BCUT2D eigenvalue weighted by atomic mass is 9.95. The molecule has 10 heteroatoms. The van der Waals surface area contributed by atoms with Crippen molar-refractivity contribution < 1.29 is 13.9 Å². The highest BCUT2D eigenvalue weighted by Gasteiger charge is 2.45. The number of terminal acetylenes is 1. The normalized spacial score (nSPS) is 23.0. The van der Waals surface area contributed by atoms with Crippen LogP contribution in [-0.2, 0) is 4.74 Å². The molecule has 9 nitrogen and oxygen atoms in total. The van der Waals surface area contributed by atoms with Crippen molar-refractivity contribution in [2.45, 2.75) is 56.3 Å². The van der Waals surface area contributed by atoms with Gasteiger partial charge in [0.25, 0.3) is 0 Å². The van der Waals surface area contributed by atoms with E-state index in [1.807, 2.05) is 0 Å². The third-order valence-electron chi connectivity index (χ3n) is 9.55. The fraction of sp³-hybridized carbons (Fsp3) is 0.438. The summed E-state index contributed by atoms with van der Waals surface area (Å²) in [6.45, 7) is 3.95. The zero-order valence-electron chi connectivity index (χ0n) is 23.2. The van der Waals surface area contributed by atoms with Crippen molar-refractivity contribution in [3.63, 3.8) is 0 Å². The molecule has 214 valence electrons. The minimum Gasteiger partial charge on any atom is -0.461 e. The van der Waals surface area contributed by atoms with Crippen molar-refractivity contribution >= 4 is 27.6 Å². The van der Waals surface area contributed by atoms with Gasteiger partial charge >= 0.3 is 6.01 Å². The fourth-order valence-corrected chi connectivity index (χ4v) is 7.59. The minimum atomic E-state index is -0.641. The molecule has 0 amide bonds. The lowest BCUT2D eigenvalue weighted by Crippen LogP contribution is -2.44. The SMILES string of the molecule is C#Cc1cccc2[nH]c(=O)cc(-c3ncc4c(N5CC6CCC(C5)O6)nc(OCC56CCCN5CCC6)nc4c3F)c12. The maximum Gasteiger partial charge on any atom is 0.319 e. The van der Waals surface area contributed by atoms with E-state index in [1.165, 1.54) is 6.07 Å². The van der Waals surface area contributed by atoms with Crippen LogP contribution in [0.25, 0.3) is 33.1 Å². The maximum absolute atomic E-state index is 16.7. The van der Waals surface area contributed by atoms with E-state index < -0.39 is 5.82 Å². The molecule has 4 fully saturated rings. The van der Waals surface area contributed by atoms with E-state index in [-0.39, 0.29) is 40.5 Å². The number of aromatic amines is 1. The lowest BCUT2D eigenvalue weighted by Gasteiger charge is -2.34. The molecule has 4 aliphatic heterocycles. The molecule has 42 heavy (non-hydrogen) atoms. The molecule has 8 rings (SSSR count). The van der Waals surface area contributed by atoms with E-state index in [1.54, 1.807) is 24.4 Å². The van der Waals surface area contributed by atoms with Crippen molar-refractivity contribution in [3.05, 3.63) is 52.2 Å². The monoisotopic (exact) mass is 566 g/mol. The molecule has 3 aromatic heterocycles. The molecule has 0 spiro atoms. The highest BCUT2D eigenvalue weighted by Crippen LogP contribution is 2.40. The number of morpholine rings is 1. The number of hydrogen-bond acceptors (Lipinski definition) is 8. The summed E-state index contributed by atoms with van der Waals surface area (Å²) in [6.07, 6.45) is 14.1. The molecular formula is C32H31FN6O3. The number of anilines is 1. The van der Waals surface area contributed by atoms with Crippen molar-refractivity contribution in [1.29, 1.82) is 0 Å². The molecule has 0 aliphatic carbocycles. The van der Waals surface area contributed by atoms with Gasteiger partial charge in [-0.3, -0.25) is 14.7 Å². The Hall–Kier alpha value is -4.07. The van der Waals surface area contributed by atoms with Crippen LogP contribution in [0.1, 0.15) is 44.1 Å².